The fourth-order valence-corrected chi connectivity index (χ4v) is 1.82. The van der Waals surface area contributed by atoms with Crippen LogP contribution in [0.3, 0.4) is 0 Å². The molecule has 3 heteroatoms. The minimum Gasteiger partial charge on any atom is -0.389 e. The van der Waals surface area contributed by atoms with Gasteiger partial charge in [-0.3, -0.25) is 0 Å². The van der Waals surface area contributed by atoms with Gasteiger partial charge in [0.15, 0.2) is 0 Å². The SMILES string of the molecule is CCCC(CC)NCC(O)COCC1CC1. The Morgan fingerprint density at radius 1 is 1.38 bits per heavy atom. The standard InChI is InChI=1S/C13H27NO2/c1-3-5-12(4-2)14-8-13(15)10-16-9-11-6-7-11/h11-15H,3-10H2,1-2H3. The van der Waals surface area contributed by atoms with Gasteiger partial charge < -0.3 is 15.2 Å². The maximum absolute atomic E-state index is 9.71. The third-order valence-electron chi connectivity index (χ3n) is 3.13. The van der Waals surface area contributed by atoms with E-state index >= 15 is 0 Å². The molecule has 0 aromatic heterocycles. The van der Waals surface area contributed by atoms with E-state index < -0.39 is 0 Å². The highest BCUT2D eigenvalue weighted by atomic mass is 16.5. The molecule has 0 radical (unpaired) electrons. The molecule has 0 aromatic rings. The van der Waals surface area contributed by atoms with Crippen molar-refractivity contribution < 1.29 is 9.84 Å². The predicted octanol–water partition coefficient (Wildman–Crippen LogP) is 1.94. The van der Waals surface area contributed by atoms with Crippen LogP contribution in [0.4, 0.5) is 0 Å². The second-order valence-corrected chi connectivity index (χ2v) is 4.94. The van der Waals surface area contributed by atoms with Crippen molar-refractivity contribution in [3.8, 4) is 0 Å². The molecule has 0 heterocycles. The van der Waals surface area contributed by atoms with Gasteiger partial charge in [-0.15, -0.1) is 0 Å². The monoisotopic (exact) mass is 229 g/mol. The Balaban J connectivity index is 1.96. The third-order valence-corrected chi connectivity index (χ3v) is 3.13. The van der Waals surface area contributed by atoms with Crippen molar-refractivity contribution in [2.45, 2.75) is 58.1 Å². The molecular weight excluding hydrogens is 202 g/mol. The quantitative estimate of drug-likeness (QED) is 0.601. The molecule has 2 N–H and O–H groups in total. The molecule has 1 saturated carbocycles. The first kappa shape index (κ1) is 13.9. The lowest BCUT2D eigenvalue weighted by atomic mass is 10.1. The Labute approximate surface area is 99.6 Å². The summed E-state index contributed by atoms with van der Waals surface area (Å²) in [5, 5.41) is 13.1. The number of hydrogen-bond donors (Lipinski definition) is 2. The topological polar surface area (TPSA) is 41.5 Å². The van der Waals surface area contributed by atoms with Crippen molar-refractivity contribution in [2.75, 3.05) is 19.8 Å². The van der Waals surface area contributed by atoms with Gasteiger partial charge in [0, 0.05) is 19.2 Å². The first-order chi connectivity index (χ1) is 7.76. The Morgan fingerprint density at radius 2 is 2.12 bits per heavy atom. The summed E-state index contributed by atoms with van der Waals surface area (Å²) in [6, 6.07) is 0.545. The number of ether oxygens (including phenoxy) is 1. The lowest BCUT2D eigenvalue weighted by Gasteiger charge is -2.18. The number of nitrogens with one attached hydrogen (secondary N) is 1. The van der Waals surface area contributed by atoms with Crippen LogP contribution in [0.25, 0.3) is 0 Å². The molecule has 0 aromatic carbocycles. The van der Waals surface area contributed by atoms with Gasteiger partial charge in [-0.05, 0) is 31.6 Å². The number of aliphatic hydroxyl groups excluding tert-OH is 1. The van der Waals surface area contributed by atoms with E-state index in [0.717, 1.165) is 18.9 Å². The Hall–Kier alpha value is -0.120. The molecule has 0 spiro atoms. The molecule has 0 saturated heterocycles. The van der Waals surface area contributed by atoms with Crippen LogP contribution in [-0.4, -0.2) is 37.0 Å². The van der Waals surface area contributed by atoms with E-state index in [1.165, 1.54) is 25.7 Å². The van der Waals surface area contributed by atoms with Crippen LogP contribution in [0.15, 0.2) is 0 Å². The zero-order valence-electron chi connectivity index (χ0n) is 10.7. The van der Waals surface area contributed by atoms with Crippen LogP contribution in [0, 0.1) is 5.92 Å². The molecule has 16 heavy (non-hydrogen) atoms. The molecule has 0 aliphatic heterocycles. The number of rotatable bonds is 10. The summed E-state index contributed by atoms with van der Waals surface area (Å²) in [5.74, 6) is 0.781. The van der Waals surface area contributed by atoms with E-state index in [9.17, 15) is 5.11 Å². The fraction of sp³-hybridized carbons (Fsp3) is 1.00. The van der Waals surface area contributed by atoms with E-state index in [2.05, 4.69) is 19.2 Å². The molecule has 2 unspecified atom stereocenters. The zero-order chi connectivity index (χ0) is 11.8. The highest BCUT2D eigenvalue weighted by Crippen LogP contribution is 2.28. The maximum Gasteiger partial charge on any atom is 0.0897 e. The molecule has 2 atom stereocenters. The normalized spacial score (nSPS) is 19.7. The average Bonchev–Trinajstić information content (AvgIpc) is 3.08. The van der Waals surface area contributed by atoms with Crippen molar-refractivity contribution in [1.29, 1.82) is 0 Å². The first-order valence-corrected chi connectivity index (χ1v) is 6.75. The smallest absolute Gasteiger partial charge is 0.0897 e. The summed E-state index contributed by atoms with van der Waals surface area (Å²) in [6.07, 6.45) is 5.77. The second-order valence-electron chi connectivity index (χ2n) is 4.94. The van der Waals surface area contributed by atoms with Gasteiger partial charge in [-0.25, -0.2) is 0 Å². The summed E-state index contributed by atoms with van der Waals surface area (Å²) >= 11 is 0. The molecule has 3 nitrogen and oxygen atoms in total. The third kappa shape index (κ3) is 6.46. The molecule has 96 valence electrons. The molecule has 1 aliphatic rings. The highest BCUT2D eigenvalue weighted by molar-refractivity contribution is 4.73. The summed E-state index contributed by atoms with van der Waals surface area (Å²) in [6.45, 7) is 6.35. The van der Waals surface area contributed by atoms with Crippen LogP contribution in [0.5, 0.6) is 0 Å². The average molecular weight is 229 g/mol. The van der Waals surface area contributed by atoms with Gasteiger partial charge in [0.05, 0.1) is 12.7 Å². The summed E-state index contributed by atoms with van der Waals surface area (Å²) < 4.78 is 5.46. The molecule has 1 rings (SSSR count). The van der Waals surface area contributed by atoms with Crippen LogP contribution in [0.1, 0.15) is 46.0 Å². The maximum atomic E-state index is 9.71. The van der Waals surface area contributed by atoms with Gasteiger partial charge >= 0.3 is 0 Å². The fourth-order valence-electron chi connectivity index (χ4n) is 1.82. The summed E-state index contributed by atoms with van der Waals surface area (Å²) in [7, 11) is 0. The van der Waals surface area contributed by atoms with E-state index in [0.29, 0.717) is 19.2 Å². The van der Waals surface area contributed by atoms with E-state index in [1.807, 2.05) is 0 Å². The summed E-state index contributed by atoms with van der Waals surface area (Å²) in [5.41, 5.74) is 0. The van der Waals surface area contributed by atoms with Gasteiger partial charge in [-0.1, -0.05) is 20.3 Å². The predicted molar refractivity (Wildman–Crippen MR) is 66.5 cm³/mol. The van der Waals surface area contributed by atoms with Crippen molar-refractivity contribution in [3.63, 3.8) is 0 Å². The minimum absolute atomic E-state index is 0.357. The lowest BCUT2D eigenvalue weighted by molar-refractivity contribution is 0.0310. The summed E-state index contributed by atoms with van der Waals surface area (Å²) in [4.78, 5) is 0. The van der Waals surface area contributed by atoms with Crippen molar-refractivity contribution in [2.24, 2.45) is 5.92 Å². The van der Waals surface area contributed by atoms with E-state index in [-0.39, 0.29) is 6.10 Å². The van der Waals surface area contributed by atoms with Crippen LogP contribution < -0.4 is 5.32 Å². The molecule has 1 aliphatic carbocycles. The molecule has 0 amide bonds. The number of hydrogen-bond acceptors (Lipinski definition) is 3. The zero-order valence-corrected chi connectivity index (χ0v) is 10.7. The van der Waals surface area contributed by atoms with E-state index in [4.69, 9.17) is 4.74 Å². The van der Waals surface area contributed by atoms with Gasteiger partial charge in [0.1, 0.15) is 0 Å². The second kappa shape index (κ2) is 8.04. The molecule has 1 fully saturated rings. The van der Waals surface area contributed by atoms with Gasteiger partial charge in [0.25, 0.3) is 0 Å². The van der Waals surface area contributed by atoms with Gasteiger partial charge in [0.2, 0.25) is 0 Å². The van der Waals surface area contributed by atoms with Gasteiger partial charge in [-0.2, -0.15) is 0 Å². The van der Waals surface area contributed by atoms with Crippen LogP contribution in [0.2, 0.25) is 0 Å². The highest BCUT2D eigenvalue weighted by Gasteiger charge is 2.21. The van der Waals surface area contributed by atoms with Crippen LogP contribution in [-0.2, 0) is 4.74 Å². The van der Waals surface area contributed by atoms with Crippen LogP contribution >= 0.6 is 0 Å². The Morgan fingerprint density at radius 3 is 2.69 bits per heavy atom. The lowest BCUT2D eigenvalue weighted by Crippen LogP contribution is -2.37. The molecule has 0 bridgehead atoms. The Bertz CT molecular complexity index is 171. The molecular formula is C13H27NO2. The van der Waals surface area contributed by atoms with E-state index in [1.54, 1.807) is 0 Å². The largest absolute Gasteiger partial charge is 0.389 e. The first-order valence-electron chi connectivity index (χ1n) is 6.75. The van der Waals surface area contributed by atoms with Crippen molar-refractivity contribution in [3.05, 3.63) is 0 Å². The van der Waals surface area contributed by atoms with Crippen molar-refractivity contribution in [1.82, 2.24) is 5.32 Å². The number of aliphatic hydroxyl groups is 1. The Kier molecular flexibility index (Phi) is 7.01. The minimum atomic E-state index is -0.357. The van der Waals surface area contributed by atoms with Crippen molar-refractivity contribution >= 4 is 0 Å².